The predicted molar refractivity (Wildman–Crippen MR) is 124 cm³/mol. The highest BCUT2D eigenvalue weighted by Crippen LogP contribution is 2.46. The number of rotatable bonds is 3. The molecule has 1 spiro atoms. The summed E-state index contributed by atoms with van der Waals surface area (Å²) in [5.41, 5.74) is 5.82. The van der Waals surface area contributed by atoms with Gasteiger partial charge in [0, 0.05) is 43.0 Å². The summed E-state index contributed by atoms with van der Waals surface area (Å²) in [6.07, 6.45) is -3.64. The number of nitrogens with one attached hydrogen (secondary N) is 1. The van der Waals surface area contributed by atoms with Crippen molar-refractivity contribution in [2.45, 2.75) is 25.9 Å². The summed E-state index contributed by atoms with van der Waals surface area (Å²) in [6, 6.07) is 12.4. The number of carbonyl (C=O) groups excluding carboxylic acids is 2. The number of anilines is 2. The fourth-order valence-corrected chi connectivity index (χ4v) is 5.22. The number of carbonyl (C=O) groups is 2. The molecule has 2 aliphatic heterocycles. The molecule has 0 aliphatic carbocycles. The first-order chi connectivity index (χ1) is 16.5. The van der Waals surface area contributed by atoms with Gasteiger partial charge in [-0.2, -0.15) is 18.4 Å². The van der Waals surface area contributed by atoms with E-state index in [1.165, 1.54) is 12.1 Å². The first-order valence-corrected chi connectivity index (χ1v) is 11.3. The lowest BCUT2D eigenvalue weighted by atomic mass is 9.70. The van der Waals surface area contributed by atoms with Crippen LogP contribution < -0.4 is 16.0 Å². The summed E-state index contributed by atoms with van der Waals surface area (Å²) >= 11 is 0. The van der Waals surface area contributed by atoms with Crippen molar-refractivity contribution < 1.29 is 22.8 Å². The fraction of sp³-hybridized carbons (Fsp3) is 0.400. The quantitative estimate of drug-likeness (QED) is 0.683. The summed E-state index contributed by atoms with van der Waals surface area (Å²) in [4.78, 5) is 28.6. The van der Waals surface area contributed by atoms with E-state index in [0.717, 1.165) is 11.6 Å². The molecule has 7 nitrogen and oxygen atoms in total. The van der Waals surface area contributed by atoms with Crippen molar-refractivity contribution in [2.24, 2.45) is 17.1 Å². The van der Waals surface area contributed by atoms with Gasteiger partial charge in [-0.05, 0) is 55.7 Å². The van der Waals surface area contributed by atoms with Crippen molar-refractivity contribution in [3.63, 3.8) is 0 Å². The average Bonchev–Trinajstić information content (AvgIpc) is 3.18. The van der Waals surface area contributed by atoms with Crippen molar-refractivity contribution in [3.05, 3.63) is 59.2 Å². The summed E-state index contributed by atoms with van der Waals surface area (Å²) in [7, 11) is 0. The Kier molecular flexibility index (Phi) is 6.36. The number of aryl methyl sites for hydroxylation is 1. The zero-order valence-electron chi connectivity index (χ0n) is 19.2. The number of halogens is 3. The Morgan fingerprint density at radius 1 is 1.17 bits per heavy atom. The molecule has 184 valence electrons. The molecular formula is C25H26F3N5O2. The molecule has 0 radical (unpaired) electrons. The zero-order chi connectivity index (χ0) is 25.4. The molecule has 1 unspecified atom stereocenters. The maximum absolute atomic E-state index is 13.4. The first kappa shape index (κ1) is 24.4. The highest BCUT2D eigenvalue weighted by Gasteiger charge is 2.52. The summed E-state index contributed by atoms with van der Waals surface area (Å²) in [5.74, 6) is -1.03. The number of piperidine rings is 1. The van der Waals surface area contributed by atoms with E-state index in [1.54, 1.807) is 17.0 Å². The van der Waals surface area contributed by atoms with Crippen LogP contribution in [0.5, 0.6) is 0 Å². The van der Waals surface area contributed by atoms with Crippen molar-refractivity contribution in [1.29, 1.82) is 5.26 Å². The molecule has 2 aromatic rings. The van der Waals surface area contributed by atoms with Crippen LogP contribution in [0.2, 0.25) is 0 Å². The van der Waals surface area contributed by atoms with E-state index < -0.39 is 34.5 Å². The van der Waals surface area contributed by atoms with Crippen molar-refractivity contribution in [2.75, 3.05) is 36.4 Å². The lowest BCUT2D eigenvalue weighted by Gasteiger charge is -2.42. The molecule has 2 aromatic carbocycles. The van der Waals surface area contributed by atoms with Crippen LogP contribution in [0.15, 0.2) is 42.5 Å². The second kappa shape index (κ2) is 9.13. The largest absolute Gasteiger partial charge is 0.417 e. The summed E-state index contributed by atoms with van der Waals surface area (Å²) in [5, 5.41) is 11.9. The number of amides is 3. The van der Waals surface area contributed by atoms with Gasteiger partial charge in [-0.3, -0.25) is 4.79 Å². The molecule has 2 aliphatic rings. The maximum atomic E-state index is 13.4. The summed E-state index contributed by atoms with van der Waals surface area (Å²) in [6.45, 7) is 3.26. The molecule has 0 aromatic heterocycles. The Morgan fingerprint density at radius 3 is 2.49 bits per heavy atom. The van der Waals surface area contributed by atoms with Crippen LogP contribution in [-0.2, 0) is 11.0 Å². The Bertz CT molecular complexity index is 1180. The molecule has 3 amide bonds. The Balaban J connectivity index is 1.49. The number of benzene rings is 2. The summed E-state index contributed by atoms with van der Waals surface area (Å²) < 4.78 is 40.2. The number of alkyl halides is 3. The minimum Gasteiger partial charge on any atom is -0.371 e. The van der Waals surface area contributed by atoms with E-state index in [4.69, 9.17) is 11.0 Å². The predicted octanol–water partition coefficient (Wildman–Crippen LogP) is 4.12. The van der Waals surface area contributed by atoms with E-state index in [-0.39, 0.29) is 12.6 Å². The minimum atomic E-state index is -4.63. The van der Waals surface area contributed by atoms with Gasteiger partial charge in [0.1, 0.15) is 0 Å². The van der Waals surface area contributed by atoms with Crippen LogP contribution in [0.1, 0.15) is 29.5 Å². The van der Waals surface area contributed by atoms with Gasteiger partial charge in [0.15, 0.2) is 0 Å². The van der Waals surface area contributed by atoms with Crippen LogP contribution in [-0.4, -0.2) is 43.0 Å². The molecule has 2 saturated heterocycles. The molecule has 3 N–H and O–H groups in total. The highest BCUT2D eigenvalue weighted by molar-refractivity contribution is 5.90. The number of nitriles is 1. The van der Waals surface area contributed by atoms with Gasteiger partial charge in [0.25, 0.3) is 0 Å². The number of likely N-dealkylation sites (tertiary alicyclic amines) is 1. The first-order valence-electron chi connectivity index (χ1n) is 11.3. The number of hydrogen-bond donors (Lipinski definition) is 2. The molecular weight excluding hydrogens is 459 g/mol. The Morgan fingerprint density at radius 2 is 1.89 bits per heavy atom. The van der Waals surface area contributed by atoms with Crippen molar-refractivity contribution in [1.82, 2.24) is 4.90 Å². The maximum Gasteiger partial charge on any atom is 0.417 e. The number of nitrogens with two attached hydrogens (primary N) is 1. The van der Waals surface area contributed by atoms with Crippen LogP contribution >= 0.6 is 0 Å². The SMILES string of the molecule is Cc1cccc(NC(=O)N2CC(C(N)=O)C3(CCN(c4ccc(C#N)c(C(F)(F)F)c4)CC3)C2)c1. The third kappa shape index (κ3) is 4.90. The van der Waals surface area contributed by atoms with Gasteiger partial charge in [-0.15, -0.1) is 0 Å². The van der Waals surface area contributed by atoms with Crippen LogP contribution in [0.25, 0.3) is 0 Å². The monoisotopic (exact) mass is 485 g/mol. The van der Waals surface area contributed by atoms with Gasteiger partial charge < -0.3 is 20.9 Å². The fourth-order valence-electron chi connectivity index (χ4n) is 5.22. The number of hydrogen-bond acceptors (Lipinski definition) is 4. The molecule has 10 heteroatoms. The number of primary amides is 1. The smallest absolute Gasteiger partial charge is 0.371 e. The van der Waals surface area contributed by atoms with E-state index in [9.17, 15) is 22.8 Å². The van der Waals surface area contributed by atoms with Gasteiger partial charge in [-0.1, -0.05) is 12.1 Å². The van der Waals surface area contributed by atoms with Crippen molar-refractivity contribution >= 4 is 23.3 Å². The molecule has 2 heterocycles. The number of nitrogens with zero attached hydrogens (tertiary/aromatic N) is 3. The molecule has 2 fully saturated rings. The lowest BCUT2D eigenvalue weighted by Crippen LogP contribution is -2.47. The Labute approximate surface area is 201 Å². The zero-order valence-corrected chi connectivity index (χ0v) is 19.2. The Hall–Kier alpha value is -3.74. The highest BCUT2D eigenvalue weighted by atomic mass is 19.4. The van der Waals surface area contributed by atoms with Crippen molar-refractivity contribution in [3.8, 4) is 6.07 Å². The molecule has 0 saturated carbocycles. The second-order valence-corrected chi connectivity index (χ2v) is 9.32. The van der Waals surface area contributed by atoms with Crippen LogP contribution in [0.4, 0.5) is 29.3 Å². The second-order valence-electron chi connectivity index (χ2n) is 9.32. The molecule has 1 atom stereocenters. The van der Waals surface area contributed by atoms with E-state index >= 15 is 0 Å². The topological polar surface area (TPSA) is 102 Å². The van der Waals surface area contributed by atoms with Gasteiger partial charge in [0.2, 0.25) is 5.91 Å². The van der Waals surface area contributed by atoms with E-state index in [1.807, 2.05) is 30.0 Å². The molecule has 4 rings (SSSR count). The minimum absolute atomic E-state index is 0.196. The van der Waals surface area contributed by atoms with Gasteiger partial charge in [0.05, 0.1) is 23.1 Å². The average molecular weight is 486 g/mol. The van der Waals surface area contributed by atoms with Gasteiger partial charge in [-0.25, -0.2) is 4.79 Å². The van der Waals surface area contributed by atoms with Crippen LogP contribution in [0.3, 0.4) is 0 Å². The van der Waals surface area contributed by atoms with E-state index in [0.29, 0.717) is 43.9 Å². The third-order valence-electron chi connectivity index (χ3n) is 7.10. The molecule has 35 heavy (non-hydrogen) atoms. The molecule has 0 bridgehead atoms. The standard InChI is InChI=1S/C25H26F3N5O2/c1-16-3-2-4-18(11-16)31-23(35)33-14-21(22(30)34)24(15-33)7-9-32(10-8-24)19-6-5-17(13-29)20(12-19)25(26,27)28/h2-6,11-12,21H,7-10,14-15H2,1H3,(H2,30,34)(H,31,35). The third-order valence-corrected chi connectivity index (χ3v) is 7.10. The van der Waals surface area contributed by atoms with Gasteiger partial charge >= 0.3 is 12.2 Å². The lowest BCUT2D eigenvalue weighted by molar-refractivity contribution is -0.137. The number of urea groups is 1. The normalized spacial score (nSPS) is 19.5. The van der Waals surface area contributed by atoms with E-state index in [2.05, 4.69) is 5.32 Å². The van der Waals surface area contributed by atoms with Crippen LogP contribution in [0, 0.1) is 29.6 Å².